The summed E-state index contributed by atoms with van der Waals surface area (Å²) in [7, 11) is 0. The van der Waals surface area contributed by atoms with Crippen molar-refractivity contribution in [1.29, 1.82) is 0 Å². The van der Waals surface area contributed by atoms with E-state index in [1.165, 1.54) is 0 Å². The van der Waals surface area contributed by atoms with E-state index in [-0.39, 0.29) is 42.2 Å². The molecular weight excluding hydrogens is 434 g/mol. The number of aliphatic hydroxyl groups is 1. The Morgan fingerprint density at radius 3 is 2.26 bits per heavy atom. The molecule has 1 aromatic heterocycles. The Bertz CT molecular complexity index is 1150. The number of ether oxygens (including phenoxy) is 1. The number of aromatic nitrogens is 1. The van der Waals surface area contributed by atoms with Crippen LogP contribution in [-0.2, 0) is 17.8 Å². The maximum Gasteiger partial charge on any atom is 0.254 e. The Balaban J connectivity index is 1.38. The summed E-state index contributed by atoms with van der Waals surface area (Å²) in [6.45, 7) is 1.05. The second-order valence-corrected chi connectivity index (χ2v) is 8.34. The topological polar surface area (TPSA) is 126 Å². The molecule has 34 heavy (non-hydrogen) atoms. The minimum absolute atomic E-state index is 0.0247. The van der Waals surface area contributed by atoms with Gasteiger partial charge in [-0.3, -0.25) is 9.59 Å². The number of nitrogens with zero attached hydrogens (tertiary/aromatic N) is 2. The van der Waals surface area contributed by atoms with Gasteiger partial charge >= 0.3 is 0 Å². The average molecular weight is 462 g/mol. The third kappa shape index (κ3) is 5.52. The third-order valence-electron chi connectivity index (χ3n) is 5.95. The van der Waals surface area contributed by atoms with Crippen LogP contribution in [0.15, 0.2) is 60.8 Å². The molecule has 1 fully saturated rings. The number of likely N-dealkylation sites (tertiary alicyclic amines) is 1. The lowest BCUT2D eigenvalue weighted by Crippen LogP contribution is -2.42. The average Bonchev–Trinajstić information content (AvgIpc) is 2.86. The molecule has 0 bridgehead atoms. The lowest BCUT2D eigenvalue weighted by molar-refractivity contribution is -0.132. The number of amides is 2. The molecule has 2 heterocycles. The fourth-order valence-electron chi connectivity index (χ4n) is 3.96. The van der Waals surface area contributed by atoms with E-state index in [9.17, 15) is 19.8 Å². The number of aliphatic hydroxyl groups excluding tert-OH is 1. The van der Waals surface area contributed by atoms with Crippen molar-refractivity contribution in [2.24, 2.45) is 5.73 Å². The van der Waals surface area contributed by atoms with E-state index in [4.69, 9.17) is 10.5 Å². The zero-order valence-electron chi connectivity index (χ0n) is 18.7. The number of carbonyl (C=O) groups is 2. The van der Waals surface area contributed by atoms with Crippen LogP contribution in [0.2, 0.25) is 0 Å². The second-order valence-electron chi connectivity index (χ2n) is 8.34. The number of rotatable bonds is 7. The largest absolute Gasteiger partial charge is 0.508 e. The number of primary amides is 1. The van der Waals surface area contributed by atoms with E-state index in [0.717, 1.165) is 22.3 Å². The van der Waals surface area contributed by atoms with Crippen molar-refractivity contribution in [3.05, 3.63) is 77.5 Å². The lowest BCUT2D eigenvalue weighted by Gasteiger charge is -2.32. The van der Waals surface area contributed by atoms with Crippen LogP contribution in [0.3, 0.4) is 0 Å². The van der Waals surface area contributed by atoms with Crippen molar-refractivity contribution in [3.8, 4) is 22.8 Å². The SMILES string of the molecule is NC(=O)c1cc(-c2ccc(CO)cc2)cnc1OC1CCN(C(=O)Cc2ccc(O)cc2)CC1. The Labute approximate surface area is 197 Å². The van der Waals surface area contributed by atoms with Gasteiger partial charge < -0.3 is 25.6 Å². The molecule has 1 aliphatic heterocycles. The molecule has 8 heteroatoms. The number of hydrogen-bond donors (Lipinski definition) is 3. The summed E-state index contributed by atoms with van der Waals surface area (Å²) in [5.41, 5.74) is 9.01. The number of piperidine rings is 1. The van der Waals surface area contributed by atoms with Gasteiger partial charge in [-0.15, -0.1) is 0 Å². The van der Waals surface area contributed by atoms with Gasteiger partial charge in [0.1, 0.15) is 17.4 Å². The number of phenolic OH excluding ortho intramolecular Hbond substituents is 1. The summed E-state index contributed by atoms with van der Waals surface area (Å²) in [5.74, 6) is -0.239. The van der Waals surface area contributed by atoms with E-state index in [0.29, 0.717) is 25.9 Å². The van der Waals surface area contributed by atoms with Crippen LogP contribution in [0.5, 0.6) is 11.6 Å². The molecule has 0 radical (unpaired) electrons. The molecule has 0 atom stereocenters. The minimum atomic E-state index is -0.627. The maximum absolute atomic E-state index is 12.6. The Hall–Kier alpha value is -3.91. The van der Waals surface area contributed by atoms with Crippen molar-refractivity contribution in [1.82, 2.24) is 9.88 Å². The zero-order valence-corrected chi connectivity index (χ0v) is 18.7. The highest BCUT2D eigenvalue weighted by atomic mass is 16.5. The molecule has 1 aliphatic rings. The fourth-order valence-corrected chi connectivity index (χ4v) is 3.96. The molecule has 4 N–H and O–H groups in total. The molecular formula is C26H27N3O5. The molecule has 176 valence electrons. The van der Waals surface area contributed by atoms with E-state index < -0.39 is 5.91 Å². The number of benzene rings is 2. The fraction of sp³-hybridized carbons (Fsp3) is 0.269. The molecule has 2 amide bonds. The Morgan fingerprint density at radius 2 is 1.65 bits per heavy atom. The van der Waals surface area contributed by atoms with E-state index >= 15 is 0 Å². The molecule has 0 aliphatic carbocycles. The first-order valence-electron chi connectivity index (χ1n) is 11.2. The van der Waals surface area contributed by atoms with Crippen molar-refractivity contribution in [3.63, 3.8) is 0 Å². The second kappa shape index (κ2) is 10.4. The van der Waals surface area contributed by atoms with Gasteiger partial charge in [-0.2, -0.15) is 0 Å². The summed E-state index contributed by atoms with van der Waals surface area (Å²) in [5, 5.41) is 18.6. The van der Waals surface area contributed by atoms with Gasteiger partial charge in [-0.05, 0) is 34.9 Å². The summed E-state index contributed by atoms with van der Waals surface area (Å²) >= 11 is 0. The first-order valence-corrected chi connectivity index (χ1v) is 11.2. The predicted octanol–water partition coefficient (Wildman–Crippen LogP) is 2.66. The highest BCUT2D eigenvalue weighted by Gasteiger charge is 2.26. The van der Waals surface area contributed by atoms with Crippen LogP contribution in [0, 0.1) is 0 Å². The number of phenols is 1. The van der Waals surface area contributed by atoms with Crippen LogP contribution in [-0.4, -0.2) is 51.1 Å². The molecule has 2 aromatic carbocycles. The van der Waals surface area contributed by atoms with Gasteiger partial charge in [0.2, 0.25) is 11.8 Å². The molecule has 1 saturated heterocycles. The predicted molar refractivity (Wildman–Crippen MR) is 126 cm³/mol. The maximum atomic E-state index is 12.6. The van der Waals surface area contributed by atoms with Crippen LogP contribution >= 0.6 is 0 Å². The number of hydrogen-bond acceptors (Lipinski definition) is 6. The van der Waals surface area contributed by atoms with Gasteiger partial charge in [0.05, 0.1) is 13.0 Å². The van der Waals surface area contributed by atoms with Crippen LogP contribution in [0.4, 0.5) is 0 Å². The number of nitrogens with two attached hydrogens (primary N) is 1. The van der Waals surface area contributed by atoms with Gasteiger partial charge in [0.25, 0.3) is 5.91 Å². The van der Waals surface area contributed by atoms with Crippen LogP contribution in [0.25, 0.3) is 11.1 Å². The molecule has 8 nitrogen and oxygen atoms in total. The van der Waals surface area contributed by atoms with Crippen molar-refractivity contribution in [2.45, 2.75) is 32.0 Å². The monoisotopic (exact) mass is 461 g/mol. The minimum Gasteiger partial charge on any atom is -0.508 e. The molecule has 0 saturated carbocycles. The van der Waals surface area contributed by atoms with Crippen molar-refractivity contribution < 1.29 is 24.5 Å². The Morgan fingerprint density at radius 1 is 1.00 bits per heavy atom. The number of aromatic hydroxyl groups is 1. The number of carbonyl (C=O) groups excluding carboxylic acids is 2. The van der Waals surface area contributed by atoms with Gasteiger partial charge in [-0.1, -0.05) is 36.4 Å². The highest BCUT2D eigenvalue weighted by Crippen LogP contribution is 2.27. The molecule has 4 rings (SSSR count). The van der Waals surface area contributed by atoms with E-state index in [1.54, 1.807) is 53.6 Å². The smallest absolute Gasteiger partial charge is 0.254 e. The van der Waals surface area contributed by atoms with Crippen LogP contribution in [0.1, 0.15) is 34.3 Å². The zero-order chi connectivity index (χ0) is 24.1. The summed E-state index contributed by atoms with van der Waals surface area (Å²) in [6.07, 6.45) is 2.96. The first-order chi connectivity index (χ1) is 16.4. The normalized spacial score (nSPS) is 14.1. The van der Waals surface area contributed by atoms with Gasteiger partial charge in [0, 0.05) is 37.7 Å². The summed E-state index contributed by atoms with van der Waals surface area (Å²) < 4.78 is 6.02. The lowest BCUT2D eigenvalue weighted by atomic mass is 10.0. The summed E-state index contributed by atoms with van der Waals surface area (Å²) in [4.78, 5) is 30.8. The highest BCUT2D eigenvalue weighted by molar-refractivity contribution is 5.96. The molecule has 0 unspecified atom stereocenters. The Kier molecular flexibility index (Phi) is 7.08. The molecule has 3 aromatic rings. The summed E-state index contributed by atoms with van der Waals surface area (Å²) in [6, 6.07) is 15.6. The van der Waals surface area contributed by atoms with E-state index in [1.807, 2.05) is 12.1 Å². The quantitative estimate of drug-likeness (QED) is 0.497. The number of pyridine rings is 1. The van der Waals surface area contributed by atoms with E-state index in [2.05, 4.69) is 4.98 Å². The van der Waals surface area contributed by atoms with Crippen molar-refractivity contribution in [2.75, 3.05) is 13.1 Å². The molecule has 0 spiro atoms. The third-order valence-corrected chi connectivity index (χ3v) is 5.95. The van der Waals surface area contributed by atoms with Gasteiger partial charge in [-0.25, -0.2) is 4.98 Å². The first kappa shape index (κ1) is 23.3. The van der Waals surface area contributed by atoms with Gasteiger partial charge in [0.15, 0.2) is 0 Å². The van der Waals surface area contributed by atoms with Crippen molar-refractivity contribution >= 4 is 11.8 Å². The standard InChI is InChI=1S/C26H27N3O5/c27-25(33)23-14-20(19-5-1-18(16-30)2-6-19)15-28-26(23)34-22-9-11-29(12-10-22)24(32)13-17-3-7-21(31)8-4-17/h1-8,14-15,22,30-31H,9-13,16H2,(H2,27,33). The van der Waals surface area contributed by atoms with Crippen LogP contribution < -0.4 is 10.5 Å².